The molecular weight excluding hydrogens is 290 g/mol. The first kappa shape index (κ1) is 15.6. The molecule has 0 saturated carbocycles. The molecule has 0 fully saturated rings. The summed E-state index contributed by atoms with van der Waals surface area (Å²) in [6.45, 7) is 1.47. The Bertz CT molecular complexity index is 690. The lowest BCUT2D eigenvalue weighted by Crippen LogP contribution is -2.41. The van der Waals surface area contributed by atoms with Crippen LogP contribution >= 0.6 is 0 Å². The minimum atomic E-state index is -0.880. The molecule has 4 nitrogen and oxygen atoms in total. The Morgan fingerprint density at radius 2 is 1.73 bits per heavy atom. The Morgan fingerprint density at radius 3 is 2.36 bits per heavy atom. The summed E-state index contributed by atoms with van der Waals surface area (Å²) in [6.07, 6.45) is 0. The van der Waals surface area contributed by atoms with Crippen LogP contribution in [-0.4, -0.2) is 17.9 Å². The summed E-state index contributed by atoms with van der Waals surface area (Å²) in [5.41, 5.74) is 0.266. The lowest BCUT2D eigenvalue weighted by molar-refractivity contribution is -0.117. The van der Waals surface area contributed by atoms with Crippen molar-refractivity contribution in [2.75, 3.05) is 5.32 Å². The van der Waals surface area contributed by atoms with Gasteiger partial charge in [0.2, 0.25) is 5.91 Å². The van der Waals surface area contributed by atoms with Gasteiger partial charge in [-0.25, -0.2) is 8.78 Å². The Morgan fingerprint density at radius 1 is 1.05 bits per heavy atom. The molecule has 0 aliphatic rings. The van der Waals surface area contributed by atoms with Crippen LogP contribution in [0.15, 0.2) is 48.5 Å². The number of nitrogens with one attached hydrogen (secondary N) is 2. The summed E-state index contributed by atoms with van der Waals surface area (Å²) in [5, 5.41) is 4.80. The van der Waals surface area contributed by atoms with Crippen LogP contribution in [0.25, 0.3) is 0 Å². The zero-order chi connectivity index (χ0) is 16.1. The van der Waals surface area contributed by atoms with Gasteiger partial charge < -0.3 is 10.6 Å². The molecule has 1 unspecified atom stereocenters. The number of carbonyl (C=O) groups is 2. The topological polar surface area (TPSA) is 58.2 Å². The van der Waals surface area contributed by atoms with Gasteiger partial charge in [0, 0.05) is 11.6 Å². The summed E-state index contributed by atoms with van der Waals surface area (Å²) in [4.78, 5) is 23.8. The van der Waals surface area contributed by atoms with Gasteiger partial charge in [-0.3, -0.25) is 9.59 Å². The molecule has 0 heterocycles. The van der Waals surface area contributed by atoms with Gasteiger partial charge in [-0.2, -0.15) is 0 Å². The predicted molar refractivity (Wildman–Crippen MR) is 78.4 cm³/mol. The van der Waals surface area contributed by atoms with Crippen molar-refractivity contribution >= 4 is 17.5 Å². The van der Waals surface area contributed by atoms with Crippen molar-refractivity contribution in [3.63, 3.8) is 0 Å². The van der Waals surface area contributed by atoms with Crippen molar-refractivity contribution < 1.29 is 18.4 Å². The minimum Gasteiger partial charge on any atom is -0.341 e. The molecule has 0 spiro atoms. The molecule has 0 radical (unpaired) electrons. The number of halogens is 2. The Balaban J connectivity index is 1.99. The average Bonchev–Trinajstić information content (AvgIpc) is 2.50. The Hall–Kier alpha value is -2.76. The fourth-order valence-corrected chi connectivity index (χ4v) is 1.77. The minimum absolute atomic E-state index is 0.146. The van der Waals surface area contributed by atoms with Crippen LogP contribution in [0.3, 0.4) is 0 Å². The molecule has 2 rings (SSSR count). The lowest BCUT2D eigenvalue weighted by atomic mass is 10.2. The van der Waals surface area contributed by atoms with Crippen LogP contribution in [0.4, 0.5) is 14.5 Å². The van der Waals surface area contributed by atoms with Crippen molar-refractivity contribution in [3.05, 3.63) is 65.7 Å². The highest BCUT2D eigenvalue weighted by Crippen LogP contribution is 2.15. The number of anilines is 1. The van der Waals surface area contributed by atoms with E-state index in [-0.39, 0.29) is 5.69 Å². The van der Waals surface area contributed by atoms with Crippen LogP contribution in [0, 0.1) is 11.6 Å². The molecule has 2 N–H and O–H groups in total. The molecule has 2 amide bonds. The highest BCUT2D eigenvalue weighted by molar-refractivity contribution is 6.00. The van der Waals surface area contributed by atoms with Crippen molar-refractivity contribution in [1.29, 1.82) is 0 Å². The molecule has 0 aromatic heterocycles. The molecule has 0 aliphatic heterocycles. The van der Waals surface area contributed by atoms with Gasteiger partial charge in [-0.1, -0.05) is 18.2 Å². The predicted octanol–water partition coefficient (Wildman–Crippen LogP) is 2.72. The molecular formula is C16H14F2N2O2. The van der Waals surface area contributed by atoms with E-state index in [9.17, 15) is 18.4 Å². The monoisotopic (exact) mass is 304 g/mol. The van der Waals surface area contributed by atoms with E-state index >= 15 is 0 Å². The van der Waals surface area contributed by atoms with Gasteiger partial charge in [0.15, 0.2) is 0 Å². The van der Waals surface area contributed by atoms with Gasteiger partial charge in [0.1, 0.15) is 17.7 Å². The fraction of sp³-hybridized carbons (Fsp3) is 0.125. The van der Waals surface area contributed by atoms with Gasteiger partial charge in [0.05, 0.1) is 5.69 Å². The first-order chi connectivity index (χ1) is 10.5. The maximum atomic E-state index is 13.5. The Kier molecular flexibility index (Phi) is 4.83. The quantitative estimate of drug-likeness (QED) is 0.912. The van der Waals surface area contributed by atoms with E-state index in [1.165, 1.54) is 6.92 Å². The number of carbonyl (C=O) groups excluding carboxylic acids is 2. The SMILES string of the molecule is CC(NC(=O)c1ccccc1)C(=O)Nc1ccc(F)cc1F. The normalized spacial score (nSPS) is 11.6. The zero-order valence-corrected chi connectivity index (χ0v) is 11.8. The third kappa shape index (κ3) is 3.88. The molecule has 22 heavy (non-hydrogen) atoms. The second-order valence-electron chi connectivity index (χ2n) is 4.67. The van der Waals surface area contributed by atoms with E-state index in [1.807, 2.05) is 0 Å². The average molecular weight is 304 g/mol. The first-order valence-electron chi connectivity index (χ1n) is 6.59. The van der Waals surface area contributed by atoms with Gasteiger partial charge >= 0.3 is 0 Å². The fourth-order valence-electron chi connectivity index (χ4n) is 1.77. The number of hydrogen-bond acceptors (Lipinski definition) is 2. The van der Waals surface area contributed by atoms with Gasteiger partial charge in [-0.05, 0) is 31.2 Å². The molecule has 2 aromatic carbocycles. The van der Waals surface area contributed by atoms with Crippen LogP contribution in [0.1, 0.15) is 17.3 Å². The standard InChI is InChI=1S/C16H14F2N2O2/c1-10(19-16(22)11-5-3-2-4-6-11)15(21)20-14-8-7-12(17)9-13(14)18/h2-10H,1H3,(H,19,22)(H,20,21). The number of rotatable bonds is 4. The molecule has 1 atom stereocenters. The van der Waals surface area contributed by atoms with Crippen LogP contribution < -0.4 is 10.6 Å². The van der Waals surface area contributed by atoms with E-state index in [0.717, 1.165) is 12.1 Å². The van der Waals surface area contributed by atoms with Crippen molar-refractivity contribution in [1.82, 2.24) is 5.32 Å². The summed E-state index contributed by atoms with van der Waals surface area (Å²) in [7, 11) is 0. The second kappa shape index (κ2) is 6.80. The zero-order valence-electron chi connectivity index (χ0n) is 11.8. The number of benzene rings is 2. The molecule has 2 aromatic rings. The number of amides is 2. The third-order valence-corrected chi connectivity index (χ3v) is 2.97. The number of hydrogen-bond donors (Lipinski definition) is 2. The first-order valence-corrected chi connectivity index (χ1v) is 6.59. The van der Waals surface area contributed by atoms with Crippen LogP contribution in [0.5, 0.6) is 0 Å². The Labute approximate surface area is 126 Å². The smallest absolute Gasteiger partial charge is 0.251 e. The molecule has 0 aliphatic carbocycles. The van der Waals surface area contributed by atoms with Gasteiger partial charge in [-0.15, -0.1) is 0 Å². The van der Waals surface area contributed by atoms with Crippen molar-refractivity contribution in [3.8, 4) is 0 Å². The van der Waals surface area contributed by atoms with Gasteiger partial charge in [0.25, 0.3) is 5.91 Å². The van der Waals surface area contributed by atoms with Crippen molar-refractivity contribution in [2.24, 2.45) is 0 Å². The highest BCUT2D eigenvalue weighted by atomic mass is 19.1. The molecule has 0 saturated heterocycles. The molecule has 6 heteroatoms. The lowest BCUT2D eigenvalue weighted by Gasteiger charge is -2.14. The van der Waals surface area contributed by atoms with Crippen LogP contribution in [-0.2, 0) is 4.79 Å². The summed E-state index contributed by atoms with van der Waals surface area (Å²) in [5.74, 6) is -2.63. The second-order valence-corrected chi connectivity index (χ2v) is 4.67. The molecule has 114 valence electrons. The highest BCUT2D eigenvalue weighted by Gasteiger charge is 2.17. The largest absolute Gasteiger partial charge is 0.341 e. The maximum Gasteiger partial charge on any atom is 0.251 e. The summed E-state index contributed by atoms with van der Waals surface area (Å²) in [6, 6.07) is 10.3. The molecule has 0 bridgehead atoms. The summed E-state index contributed by atoms with van der Waals surface area (Å²) >= 11 is 0. The third-order valence-electron chi connectivity index (χ3n) is 2.97. The summed E-state index contributed by atoms with van der Waals surface area (Å²) < 4.78 is 26.3. The maximum absolute atomic E-state index is 13.5. The van der Waals surface area contributed by atoms with Crippen molar-refractivity contribution in [2.45, 2.75) is 13.0 Å². The van der Waals surface area contributed by atoms with E-state index < -0.39 is 29.5 Å². The van der Waals surface area contributed by atoms with Crippen LogP contribution in [0.2, 0.25) is 0 Å². The van der Waals surface area contributed by atoms with E-state index in [4.69, 9.17) is 0 Å². The van der Waals surface area contributed by atoms with E-state index in [1.54, 1.807) is 30.3 Å². The van der Waals surface area contributed by atoms with E-state index in [0.29, 0.717) is 11.6 Å². The van der Waals surface area contributed by atoms with E-state index in [2.05, 4.69) is 10.6 Å².